The van der Waals surface area contributed by atoms with E-state index in [9.17, 15) is 0 Å². The van der Waals surface area contributed by atoms with Gasteiger partial charge in [-0.1, -0.05) is 12.2 Å². The smallest absolute Gasteiger partial charge is 0.00564 e. The van der Waals surface area contributed by atoms with Gasteiger partial charge in [0.2, 0.25) is 0 Å². The molecule has 56 valence electrons. The molecule has 0 amide bonds. The first kappa shape index (κ1) is 9.02. The average Bonchev–Trinajstić information content (AvgIpc) is 1.99. The van der Waals surface area contributed by atoms with Gasteiger partial charge in [0, 0.05) is 0 Å². The van der Waals surface area contributed by atoms with Crippen molar-refractivity contribution in [3.63, 3.8) is 0 Å². The predicted molar refractivity (Wildman–Crippen MR) is 46.5 cm³/mol. The topological polar surface area (TPSA) is 26.0 Å². The molecule has 0 spiro atoms. The highest BCUT2D eigenvalue weighted by Crippen LogP contribution is 2.08. The van der Waals surface area contributed by atoms with E-state index in [0.29, 0.717) is 0 Å². The Bertz CT molecular complexity index is 173. The second-order valence-electron chi connectivity index (χ2n) is 2.07. The molecule has 1 heteroatoms. The van der Waals surface area contributed by atoms with Crippen LogP contribution in [0.3, 0.4) is 0 Å². The summed E-state index contributed by atoms with van der Waals surface area (Å²) in [5.74, 6) is 0. The quantitative estimate of drug-likeness (QED) is 0.581. The summed E-state index contributed by atoms with van der Waals surface area (Å²) in [5.41, 5.74) is 7.69. The van der Waals surface area contributed by atoms with Gasteiger partial charge in [0.05, 0.1) is 0 Å². The van der Waals surface area contributed by atoms with Crippen LogP contribution in [0.2, 0.25) is 0 Å². The van der Waals surface area contributed by atoms with Crippen molar-refractivity contribution in [1.82, 2.24) is 0 Å². The molecule has 0 heterocycles. The third-order valence-corrected chi connectivity index (χ3v) is 1.48. The second kappa shape index (κ2) is 4.86. The van der Waals surface area contributed by atoms with Crippen LogP contribution in [0.25, 0.3) is 0 Å². The maximum absolute atomic E-state index is 5.25. The van der Waals surface area contributed by atoms with E-state index in [1.165, 1.54) is 11.1 Å². The van der Waals surface area contributed by atoms with E-state index in [2.05, 4.69) is 13.0 Å². The maximum atomic E-state index is 5.25. The van der Waals surface area contributed by atoms with E-state index in [-0.39, 0.29) is 0 Å². The third kappa shape index (κ3) is 2.53. The van der Waals surface area contributed by atoms with Gasteiger partial charge in [0.25, 0.3) is 0 Å². The molecule has 0 unspecified atom stereocenters. The van der Waals surface area contributed by atoms with Gasteiger partial charge < -0.3 is 5.73 Å². The summed E-state index contributed by atoms with van der Waals surface area (Å²) in [6.07, 6.45) is 7.56. The molecule has 0 aromatic rings. The second-order valence-corrected chi connectivity index (χ2v) is 2.07. The van der Waals surface area contributed by atoms with Gasteiger partial charge in [-0.15, -0.1) is 0 Å². The fraction of sp³-hybridized carbons (Fsp3) is 0.333. The molecule has 0 saturated carbocycles. The van der Waals surface area contributed by atoms with E-state index >= 15 is 0 Å². The lowest BCUT2D eigenvalue weighted by atomic mass is 10.1. The normalized spacial score (nSPS) is 14.7. The number of nitrogens with two attached hydrogens (primary N) is 1. The molecule has 0 aliphatic carbocycles. The first-order valence-electron chi connectivity index (χ1n) is 3.44. The largest absolute Gasteiger partial charge is 0.405 e. The predicted octanol–water partition coefficient (Wildman–Crippen LogP) is 2.37. The zero-order valence-electron chi connectivity index (χ0n) is 6.89. The summed E-state index contributed by atoms with van der Waals surface area (Å²) < 4.78 is 0. The third-order valence-electron chi connectivity index (χ3n) is 1.48. The summed E-state index contributed by atoms with van der Waals surface area (Å²) in [4.78, 5) is 0. The van der Waals surface area contributed by atoms with Crippen LogP contribution in [-0.2, 0) is 0 Å². The Hall–Kier alpha value is -0.980. The van der Waals surface area contributed by atoms with Crippen LogP contribution in [0.4, 0.5) is 0 Å². The van der Waals surface area contributed by atoms with Gasteiger partial charge in [-0.05, 0) is 44.2 Å². The molecule has 0 aliphatic rings. The lowest BCUT2D eigenvalue weighted by molar-refractivity contribution is 1.37. The Kier molecular flexibility index (Phi) is 4.38. The molecule has 2 N–H and O–H groups in total. The molecular weight excluding hydrogens is 122 g/mol. The molecule has 0 radical (unpaired) electrons. The fourth-order valence-electron chi connectivity index (χ4n) is 0.726. The standard InChI is InChI=1S/C9H15N/c1-4-8(3)9(5-2)6-7-10/h4-7H,10H2,1-3H3/b7-6-,8-4-,9-5-. The van der Waals surface area contributed by atoms with Crippen molar-refractivity contribution in [2.75, 3.05) is 0 Å². The minimum atomic E-state index is 1.19. The van der Waals surface area contributed by atoms with Crippen LogP contribution in [0.1, 0.15) is 20.8 Å². The summed E-state index contributed by atoms with van der Waals surface area (Å²) >= 11 is 0. The average molecular weight is 137 g/mol. The van der Waals surface area contributed by atoms with Crippen molar-refractivity contribution in [2.24, 2.45) is 5.73 Å². The molecule has 0 aliphatic heterocycles. The van der Waals surface area contributed by atoms with E-state index < -0.39 is 0 Å². The van der Waals surface area contributed by atoms with Crippen molar-refractivity contribution in [2.45, 2.75) is 20.8 Å². The highest BCUT2D eigenvalue weighted by atomic mass is 14.5. The first-order valence-corrected chi connectivity index (χ1v) is 3.44. The molecule has 0 saturated heterocycles. The van der Waals surface area contributed by atoms with Gasteiger partial charge in [0.15, 0.2) is 0 Å². The Morgan fingerprint density at radius 1 is 1.20 bits per heavy atom. The van der Waals surface area contributed by atoms with E-state index in [1.807, 2.05) is 26.0 Å². The minimum Gasteiger partial charge on any atom is -0.405 e. The molecule has 10 heavy (non-hydrogen) atoms. The summed E-state index contributed by atoms with van der Waals surface area (Å²) in [5, 5.41) is 0. The van der Waals surface area contributed by atoms with Crippen molar-refractivity contribution in [1.29, 1.82) is 0 Å². The lowest BCUT2D eigenvalue weighted by Crippen LogP contribution is -1.83. The van der Waals surface area contributed by atoms with Crippen LogP contribution in [0.15, 0.2) is 35.6 Å². The number of rotatable bonds is 2. The monoisotopic (exact) mass is 137 g/mol. The Labute approximate surface area is 62.9 Å². The van der Waals surface area contributed by atoms with Crippen molar-refractivity contribution in [3.8, 4) is 0 Å². The summed E-state index contributed by atoms with van der Waals surface area (Å²) in [7, 11) is 0. The lowest BCUT2D eigenvalue weighted by Gasteiger charge is -1.98. The van der Waals surface area contributed by atoms with E-state index in [0.717, 1.165) is 0 Å². The molecule has 1 nitrogen and oxygen atoms in total. The molecule has 0 fully saturated rings. The minimum absolute atomic E-state index is 1.19. The van der Waals surface area contributed by atoms with E-state index in [4.69, 9.17) is 5.73 Å². The fourth-order valence-corrected chi connectivity index (χ4v) is 0.726. The van der Waals surface area contributed by atoms with E-state index in [1.54, 1.807) is 6.20 Å². The van der Waals surface area contributed by atoms with Crippen LogP contribution in [-0.4, -0.2) is 0 Å². The summed E-state index contributed by atoms with van der Waals surface area (Å²) in [6.45, 7) is 6.08. The Morgan fingerprint density at radius 3 is 2.10 bits per heavy atom. The van der Waals surface area contributed by atoms with Crippen molar-refractivity contribution < 1.29 is 0 Å². The Morgan fingerprint density at radius 2 is 1.80 bits per heavy atom. The zero-order chi connectivity index (χ0) is 7.98. The highest BCUT2D eigenvalue weighted by Gasteiger charge is 1.89. The summed E-state index contributed by atoms with van der Waals surface area (Å²) in [6, 6.07) is 0. The van der Waals surface area contributed by atoms with Crippen LogP contribution in [0, 0.1) is 0 Å². The van der Waals surface area contributed by atoms with Crippen molar-refractivity contribution >= 4 is 0 Å². The Balaban J connectivity index is 4.39. The van der Waals surface area contributed by atoms with Gasteiger partial charge >= 0.3 is 0 Å². The van der Waals surface area contributed by atoms with Gasteiger partial charge in [-0.2, -0.15) is 0 Å². The first-order chi connectivity index (χ1) is 4.76. The van der Waals surface area contributed by atoms with Gasteiger partial charge in [-0.25, -0.2) is 0 Å². The van der Waals surface area contributed by atoms with Crippen LogP contribution >= 0.6 is 0 Å². The van der Waals surface area contributed by atoms with Gasteiger partial charge in [-0.3, -0.25) is 0 Å². The van der Waals surface area contributed by atoms with Crippen LogP contribution < -0.4 is 5.73 Å². The van der Waals surface area contributed by atoms with Crippen molar-refractivity contribution in [3.05, 3.63) is 35.6 Å². The molecule has 0 atom stereocenters. The SMILES string of the molecule is C\C=C(C)/C(/C=C\N)=C\C. The zero-order valence-corrected chi connectivity index (χ0v) is 6.89. The molecule has 0 rings (SSSR count). The van der Waals surface area contributed by atoms with Gasteiger partial charge in [0.1, 0.15) is 0 Å². The highest BCUT2D eigenvalue weighted by molar-refractivity contribution is 5.37. The number of hydrogen-bond donors (Lipinski definition) is 1. The number of allylic oxidation sites excluding steroid dienone is 5. The van der Waals surface area contributed by atoms with Crippen LogP contribution in [0.5, 0.6) is 0 Å². The molecule has 0 aromatic carbocycles. The molecule has 0 aromatic heterocycles. The molecular formula is C9H15N. The molecule has 0 bridgehead atoms. The maximum Gasteiger partial charge on any atom is -0.00564 e. The number of hydrogen-bond acceptors (Lipinski definition) is 1.